The average Bonchev–Trinajstić information content (AvgIpc) is 2.69. The molecule has 2 rings (SSSR count). The number of ether oxygens (including phenoxy) is 3. The molecule has 148 valence electrons. The Labute approximate surface area is 163 Å². The summed E-state index contributed by atoms with van der Waals surface area (Å²) in [6.45, 7) is 0. The molecule has 1 heterocycles. The van der Waals surface area contributed by atoms with Crippen LogP contribution < -0.4 is 9.47 Å². The van der Waals surface area contributed by atoms with E-state index in [0.717, 1.165) is 13.2 Å². The molecule has 6 nitrogen and oxygen atoms in total. The third-order valence-corrected chi connectivity index (χ3v) is 4.59. The Bertz CT molecular complexity index is 926. The quantitative estimate of drug-likeness (QED) is 0.525. The maximum absolute atomic E-state index is 13.5. The van der Waals surface area contributed by atoms with Gasteiger partial charge >= 0.3 is 12.1 Å². The first-order valence-electron chi connectivity index (χ1n) is 7.69. The molecule has 0 amide bonds. The molecule has 0 unspecified atom stereocenters. The van der Waals surface area contributed by atoms with E-state index in [9.17, 15) is 23.2 Å². The Morgan fingerprint density at radius 2 is 1.86 bits per heavy atom. The van der Waals surface area contributed by atoms with Gasteiger partial charge < -0.3 is 14.2 Å². The molecule has 0 fully saturated rings. The Balaban J connectivity index is 2.65. The lowest BCUT2D eigenvalue weighted by Gasteiger charge is -2.15. The number of aromatic nitrogens is 1. The standard InChI is InChI=1S/C18H15F3N2O4S/c1-25-14-5-4-10(6-15(14)26-2)13-7-12(18(19,20)21)11(8-22)17(23-13)28-9-16(24)27-3/h4-7H,9H2,1-3H3. The zero-order chi connectivity index (χ0) is 20.9. The molecule has 0 aliphatic carbocycles. The molecule has 1 aromatic carbocycles. The molecule has 0 N–H and O–H groups in total. The van der Waals surface area contributed by atoms with Gasteiger partial charge in [0.1, 0.15) is 11.1 Å². The van der Waals surface area contributed by atoms with E-state index in [1.165, 1.54) is 38.5 Å². The van der Waals surface area contributed by atoms with Gasteiger partial charge in [0.05, 0.1) is 43.9 Å². The molecule has 28 heavy (non-hydrogen) atoms. The van der Waals surface area contributed by atoms with Gasteiger partial charge in [0, 0.05) is 5.56 Å². The predicted octanol–water partition coefficient (Wildman–Crippen LogP) is 3.92. The van der Waals surface area contributed by atoms with E-state index < -0.39 is 23.3 Å². The number of carbonyl (C=O) groups excluding carboxylic acids is 1. The fourth-order valence-electron chi connectivity index (χ4n) is 2.29. The maximum Gasteiger partial charge on any atom is 0.417 e. The Morgan fingerprint density at radius 1 is 1.18 bits per heavy atom. The first-order valence-corrected chi connectivity index (χ1v) is 8.68. The molecule has 1 aromatic heterocycles. The van der Waals surface area contributed by atoms with E-state index in [4.69, 9.17) is 9.47 Å². The van der Waals surface area contributed by atoms with Gasteiger partial charge in [-0.25, -0.2) is 4.98 Å². The molecule has 0 atom stereocenters. The van der Waals surface area contributed by atoms with Crippen LogP contribution in [0.5, 0.6) is 11.5 Å². The predicted molar refractivity (Wildman–Crippen MR) is 95.2 cm³/mol. The molecule has 0 saturated carbocycles. The van der Waals surface area contributed by atoms with E-state index in [2.05, 4.69) is 9.72 Å². The highest BCUT2D eigenvalue weighted by Gasteiger charge is 2.36. The van der Waals surface area contributed by atoms with Gasteiger partial charge in [-0.15, -0.1) is 0 Å². The third-order valence-electron chi connectivity index (χ3n) is 3.64. The number of pyridine rings is 1. The summed E-state index contributed by atoms with van der Waals surface area (Å²) in [6.07, 6.45) is -4.78. The van der Waals surface area contributed by atoms with Crippen LogP contribution >= 0.6 is 11.8 Å². The minimum atomic E-state index is -4.78. The Kier molecular flexibility index (Phi) is 6.75. The van der Waals surface area contributed by atoms with Crippen LogP contribution in [0.15, 0.2) is 29.3 Å². The van der Waals surface area contributed by atoms with E-state index in [1.54, 1.807) is 0 Å². The first-order chi connectivity index (χ1) is 13.2. The van der Waals surface area contributed by atoms with Crippen LogP contribution in [0.4, 0.5) is 13.2 Å². The lowest BCUT2D eigenvalue weighted by Crippen LogP contribution is -2.11. The molecule has 2 aromatic rings. The van der Waals surface area contributed by atoms with Gasteiger partial charge in [0.25, 0.3) is 0 Å². The largest absolute Gasteiger partial charge is 0.493 e. The molecule has 0 aliphatic heterocycles. The number of halogens is 3. The van der Waals surface area contributed by atoms with Gasteiger partial charge in [-0.2, -0.15) is 18.4 Å². The van der Waals surface area contributed by atoms with Crippen LogP contribution in [0.3, 0.4) is 0 Å². The second-order valence-corrected chi connectivity index (χ2v) is 6.24. The van der Waals surface area contributed by atoms with Crippen molar-refractivity contribution in [3.05, 3.63) is 35.4 Å². The van der Waals surface area contributed by atoms with Crippen molar-refractivity contribution in [2.75, 3.05) is 27.1 Å². The maximum atomic E-state index is 13.5. The van der Waals surface area contributed by atoms with Gasteiger partial charge in [-0.3, -0.25) is 4.79 Å². The smallest absolute Gasteiger partial charge is 0.417 e. The molecule has 0 saturated heterocycles. The summed E-state index contributed by atoms with van der Waals surface area (Å²) in [7, 11) is 3.98. The summed E-state index contributed by atoms with van der Waals surface area (Å²) in [4.78, 5) is 15.5. The summed E-state index contributed by atoms with van der Waals surface area (Å²) < 4.78 is 55.3. The van der Waals surface area contributed by atoms with Gasteiger partial charge in [0.15, 0.2) is 11.5 Å². The fourth-order valence-corrected chi connectivity index (χ4v) is 3.12. The van der Waals surface area contributed by atoms with Crippen molar-refractivity contribution in [3.8, 4) is 28.8 Å². The number of methoxy groups -OCH3 is 3. The number of thioether (sulfide) groups is 1. The van der Waals surface area contributed by atoms with Gasteiger partial charge in [0.2, 0.25) is 0 Å². The second kappa shape index (κ2) is 8.84. The van der Waals surface area contributed by atoms with E-state index in [0.29, 0.717) is 28.8 Å². The van der Waals surface area contributed by atoms with Crippen molar-refractivity contribution in [2.24, 2.45) is 0 Å². The number of hydrogen-bond donors (Lipinski definition) is 0. The number of nitriles is 1. The first kappa shape index (κ1) is 21.4. The molecular formula is C18H15F3N2O4S. The topological polar surface area (TPSA) is 81.4 Å². The van der Waals surface area contributed by atoms with Crippen LogP contribution in [-0.2, 0) is 15.7 Å². The fraction of sp³-hybridized carbons (Fsp3) is 0.278. The molecule has 10 heteroatoms. The summed E-state index contributed by atoms with van der Waals surface area (Å²) >= 11 is 0.697. The average molecular weight is 412 g/mol. The number of nitrogens with zero attached hydrogens (tertiary/aromatic N) is 2. The van der Waals surface area contributed by atoms with Crippen molar-refractivity contribution in [3.63, 3.8) is 0 Å². The van der Waals surface area contributed by atoms with Crippen molar-refractivity contribution in [1.29, 1.82) is 5.26 Å². The number of rotatable bonds is 6. The summed E-state index contributed by atoms with van der Waals surface area (Å²) in [5.41, 5.74) is -1.49. The van der Waals surface area contributed by atoms with Crippen LogP contribution in [0.1, 0.15) is 11.1 Å². The third kappa shape index (κ3) is 4.67. The Morgan fingerprint density at radius 3 is 2.39 bits per heavy atom. The van der Waals surface area contributed by atoms with Crippen molar-refractivity contribution < 1.29 is 32.2 Å². The highest BCUT2D eigenvalue weighted by atomic mass is 32.2. The number of alkyl halides is 3. The zero-order valence-corrected chi connectivity index (χ0v) is 15.9. The minimum Gasteiger partial charge on any atom is -0.493 e. The van der Waals surface area contributed by atoms with Crippen LogP contribution in [-0.4, -0.2) is 38.0 Å². The number of esters is 1. The SMILES string of the molecule is COC(=O)CSc1nc(-c2ccc(OC)c(OC)c2)cc(C(F)(F)F)c1C#N. The molecule has 0 spiro atoms. The number of hydrogen-bond acceptors (Lipinski definition) is 7. The molecule has 0 bridgehead atoms. The van der Waals surface area contributed by atoms with E-state index >= 15 is 0 Å². The highest BCUT2D eigenvalue weighted by Crippen LogP contribution is 2.39. The monoisotopic (exact) mass is 412 g/mol. The van der Waals surface area contributed by atoms with E-state index in [1.807, 2.05) is 0 Å². The summed E-state index contributed by atoms with van der Waals surface area (Å²) in [5.74, 6) is -0.231. The summed E-state index contributed by atoms with van der Waals surface area (Å²) in [6, 6.07) is 6.85. The van der Waals surface area contributed by atoms with Crippen LogP contribution in [0, 0.1) is 11.3 Å². The molecule has 0 aliphatic rings. The van der Waals surface area contributed by atoms with Crippen molar-refractivity contribution in [2.45, 2.75) is 11.2 Å². The Hall–Kier alpha value is -2.93. The van der Waals surface area contributed by atoms with Crippen molar-refractivity contribution >= 4 is 17.7 Å². The normalized spacial score (nSPS) is 10.9. The van der Waals surface area contributed by atoms with Crippen molar-refractivity contribution in [1.82, 2.24) is 4.98 Å². The van der Waals surface area contributed by atoms with E-state index in [-0.39, 0.29) is 16.5 Å². The summed E-state index contributed by atoms with van der Waals surface area (Å²) in [5, 5.41) is 9.03. The van der Waals surface area contributed by atoms with Gasteiger partial charge in [-0.05, 0) is 24.3 Å². The van der Waals surface area contributed by atoms with Crippen LogP contribution in [0.25, 0.3) is 11.3 Å². The lowest BCUT2D eigenvalue weighted by molar-refractivity contribution is -0.138. The number of carbonyl (C=O) groups is 1. The molecule has 0 radical (unpaired) electrons. The minimum absolute atomic E-state index is 0.0281. The highest BCUT2D eigenvalue weighted by molar-refractivity contribution is 7.99. The lowest BCUT2D eigenvalue weighted by atomic mass is 10.0. The number of benzene rings is 1. The zero-order valence-electron chi connectivity index (χ0n) is 15.1. The van der Waals surface area contributed by atoms with Gasteiger partial charge in [-0.1, -0.05) is 11.8 Å². The van der Waals surface area contributed by atoms with Crippen LogP contribution in [0.2, 0.25) is 0 Å². The second-order valence-electron chi connectivity index (χ2n) is 5.28. The molecular weight excluding hydrogens is 397 g/mol.